The van der Waals surface area contributed by atoms with Crippen molar-refractivity contribution in [3.05, 3.63) is 0 Å². The second-order valence-electron chi connectivity index (χ2n) is 5.49. The van der Waals surface area contributed by atoms with Crippen molar-refractivity contribution in [3.8, 4) is 0 Å². The Hall–Kier alpha value is -1.77. The highest BCUT2D eigenvalue weighted by atomic mass is 32.2. The Morgan fingerprint density at radius 1 is 1.35 bits per heavy atom. The van der Waals surface area contributed by atoms with E-state index in [-0.39, 0.29) is 12.8 Å². The molecule has 1 fully saturated rings. The predicted molar refractivity (Wildman–Crippen MR) is 83.4 cm³/mol. The fourth-order valence-corrected chi connectivity index (χ4v) is 3.44. The first-order valence-electron chi connectivity index (χ1n) is 7.09. The molecule has 1 rings (SSSR count). The van der Waals surface area contributed by atoms with Crippen LogP contribution in [0.4, 0.5) is 0 Å². The van der Waals surface area contributed by atoms with Gasteiger partial charge in [0.15, 0.2) is 0 Å². The van der Waals surface area contributed by atoms with Gasteiger partial charge in [0.2, 0.25) is 12.3 Å². The van der Waals surface area contributed by atoms with Crippen molar-refractivity contribution in [1.82, 2.24) is 10.2 Å². The molecule has 1 N–H and O–H groups in total. The molecule has 0 aromatic rings. The lowest BCUT2D eigenvalue weighted by Crippen LogP contribution is -2.53. The summed E-state index contributed by atoms with van der Waals surface area (Å²) in [6.07, 6.45) is 0.667. The summed E-state index contributed by atoms with van der Waals surface area (Å²) in [5.74, 6) is -1.15. The molecule has 0 radical (unpaired) electrons. The molecule has 0 aromatic carbocycles. The van der Waals surface area contributed by atoms with Crippen LogP contribution in [0, 0.1) is 0 Å². The Kier molecular flexibility index (Phi) is 6.86. The van der Waals surface area contributed by atoms with E-state index < -0.39 is 34.8 Å². The average molecular weight is 346 g/mol. The first-order valence-corrected chi connectivity index (χ1v) is 8.08. The summed E-state index contributed by atoms with van der Waals surface area (Å²) in [5, 5.41) is 2.56. The summed E-state index contributed by atoms with van der Waals surface area (Å²) in [4.78, 5) is 47.5. The topological polar surface area (TPSA) is 102 Å². The van der Waals surface area contributed by atoms with E-state index in [1.807, 2.05) is 13.8 Å². The highest BCUT2D eigenvalue weighted by molar-refractivity contribution is 8.00. The number of methoxy groups -OCH3 is 2. The standard InChI is InChI=1S/C14H22N2O6S/c1-14(2)16(8-17)10(7-23-14)12(19)15-9(13(20)22-4)5-6-11(18)21-3/h8-10H,5-7H2,1-4H3,(H,15,19)/t9-,10+/m0/s1. The first kappa shape index (κ1) is 19.3. The number of hydrogen-bond acceptors (Lipinski definition) is 7. The van der Waals surface area contributed by atoms with E-state index in [1.165, 1.54) is 30.9 Å². The van der Waals surface area contributed by atoms with Gasteiger partial charge in [-0.2, -0.15) is 0 Å². The number of nitrogens with one attached hydrogen (secondary N) is 1. The zero-order valence-electron chi connectivity index (χ0n) is 13.7. The van der Waals surface area contributed by atoms with Gasteiger partial charge in [0.1, 0.15) is 12.1 Å². The highest BCUT2D eigenvalue weighted by Gasteiger charge is 2.43. The number of carbonyl (C=O) groups excluding carboxylic acids is 4. The zero-order chi connectivity index (χ0) is 17.6. The van der Waals surface area contributed by atoms with Crippen LogP contribution in [0.5, 0.6) is 0 Å². The summed E-state index contributed by atoms with van der Waals surface area (Å²) in [6.45, 7) is 3.68. The summed E-state index contributed by atoms with van der Waals surface area (Å²) in [6, 6.07) is -1.63. The Morgan fingerprint density at radius 2 is 2.00 bits per heavy atom. The number of esters is 2. The van der Waals surface area contributed by atoms with Crippen molar-refractivity contribution in [2.45, 2.75) is 43.6 Å². The van der Waals surface area contributed by atoms with E-state index in [2.05, 4.69) is 14.8 Å². The fourth-order valence-electron chi connectivity index (χ4n) is 2.24. The van der Waals surface area contributed by atoms with Gasteiger partial charge in [0, 0.05) is 12.2 Å². The molecule has 23 heavy (non-hydrogen) atoms. The molecule has 0 unspecified atom stereocenters. The van der Waals surface area contributed by atoms with E-state index >= 15 is 0 Å². The van der Waals surface area contributed by atoms with Crippen LogP contribution < -0.4 is 5.32 Å². The number of rotatable bonds is 7. The van der Waals surface area contributed by atoms with Gasteiger partial charge in [-0.15, -0.1) is 11.8 Å². The molecule has 0 saturated carbocycles. The minimum atomic E-state index is -0.964. The fraction of sp³-hybridized carbons (Fsp3) is 0.714. The van der Waals surface area contributed by atoms with Crippen molar-refractivity contribution in [2.24, 2.45) is 0 Å². The number of carbonyl (C=O) groups is 4. The van der Waals surface area contributed by atoms with E-state index in [1.54, 1.807) is 0 Å². The molecule has 0 aromatic heterocycles. The van der Waals surface area contributed by atoms with Crippen molar-refractivity contribution in [1.29, 1.82) is 0 Å². The van der Waals surface area contributed by atoms with E-state index in [0.29, 0.717) is 12.2 Å². The Bertz CT molecular complexity index is 482. The molecule has 0 bridgehead atoms. The smallest absolute Gasteiger partial charge is 0.328 e. The van der Waals surface area contributed by atoms with Gasteiger partial charge in [-0.3, -0.25) is 14.4 Å². The molecule has 2 atom stereocenters. The molecule has 0 aliphatic carbocycles. The second kappa shape index (κ2) is 8.19. The van der Waals surface area contributed by atoms with Gasteiger partial charge in [-0.05, 0) is 20.3 Å². The molecule has 130 valence electrons. The molecule has 2 amide bonds. The van der Waals surface area contributed by atoms with Crippen LogP contribution in [0.25, 0.3) is 0 Å². The van der Waals surface area contributed by atoms with Gasteiger partial charge in [-0.25, -0.2) is 4.79 Å². The predicted octanol–water partition coefficient (Wildman–Crippen LogP) is -0.0927. The van der Waals surface area contributed by atoms with Crippen LogP contribution in [-0.4, -0.2) is 66.1 Å². The molecular weight excluding hydrogens is 324 g/mol. The monoisotopic (exact) mass is 346 g/mol. The largest absolute Gasteiger partial charge is 0.469 e. The lowest BCUT2D eigenvalue weighted by Gasteiger charge is -2.30. The maximum atomic E-state index is 12.4. The SMILES string of the molecule is COC(=O)CC[C@H](NC(=O)[C@H]1CSC(C)(C)N1C=O)C(=O)OC. The van der Waals surface area contributed by atoms with Crippen molar-refractivity contribution in [3.63, 3.8) is 0 Å². The lowest BCUT2D eigenvalue weighted by atomic mass is 10.1. The maximum absolute atomic E-state index is 12.4. The molecule has 0 spiro atoms. The minimum Gasteiger partial charge on any atom is -0.469 e. The van der Waals surface area contributed by atoms with Crippen LogP contribution in [0.15, 0.2) is 0 Å². The molecule has 1 aliphatic heterocycles. The Balaban J connectivity index is 2.75. The number of ether oxygens (including phenoxy) is 2. The molecule has 1 aliphatic rings. The van der Waals surface area contributed by atoms with Gasteiger partial charge in [0.25, 0.3) is 0 Å². The van der Waals surface area contributed by atoms with Gasteiger partial charge < -0.3 is 19.7 Å². The number of thioether (sulfide) groups is 1. The van der Waals surface area contributed by atoms with E-state index in [0.717, 1.165) is 0 Å². The minimum absolute atomic E-state index is 0.0289. The van der Waals surface area contributed by atoms with Crippen molar-refractivity contribution >= 4 is 36.0 Å². The Labute approximate surface area is 139 Å². The summed E-state index contributed by atoms with van der Waals surface area (Å²) >= 11 is 1.48. The first-order chi connectivity index (χ1) is 10.8. The van der Waals surface area contributed by atoms with Crippen LogP contribution in [-0.2, 0) is 28.7 Å². The average Bonchev–Trinajstić information content (AvgIpc) is 2.84. The van der Waals surface area contributed by atoms with Crippen LogP contribution in [0.3, 0.4) is 0 Å². The van der Waals surface area contributed by atoms with E-state index in [9.17, 15) is 19.2 Å². The summed E-state index contributed by atoms with van der Waals surface area (Å²) < 4.78 is 9.16. The van der Waals surface area contributed by atoms with Crippen LogP contribution in [0.2, 0.25) is 0 Å². The number of amides is 2. The summed E-state index contributed by atoms with van der Waals surface area (Å²) in [7, 11) is 2.44. The van der Waals surface area contributed by atoms with E-state index in [4.69, 9.17) is 0 Å². The third-order valence-corrected chi connectivity index (χ3v) is 5.03. The number of hydrogen-bond donors (Lipinski definition) is 1. The third kappa shape index (κ3) is 4.85. The molecule has 1 saturated heterocycles. The van der Waals surface area contributed by atoms with Gasteiger partial charge >= 0.3 is 11.9 Å². The second-order valence-corrected chi connectivity index (χ2v) is 7.11. The number of nitrogens with zero attached hydrogens (tertiary/aromatic N) is 1. The Morgan fingerprint density at radius 3 is 2.52 bits per heavy atom. The molecule has 1 heterocycles. The van der Waals surface area contributed by atoms with Crippen molar-refractivity contribution in [2.75, 3.05) is 20.0 Å². The van der Waals surface area contributed by atoms with Crippen molar-refractivity contribution < 1.29 is 28.7 Å². The normalized spacial score (nSPS) is 20.5. The lowest BCUT2D eigenvalue weighted by molar-refractivity contribution is -0.147. The molecule has 8 nitrogen and oxygen atoms in total. The quantitative estimate of drug-likeness (QED) is 0.507. The van der Waals surface area contributed by atoms with Gasteiger partial charge in [0.05, 0.1) is 19.1 Å². The van der Waals surface area contributed by atoms with Gasteiger partial charge in [-0.1, -0.05) is 0 Å². The zero-order valence-corrected chi connectivity index (χ0v) is 14.5. The highest BCUT2D eigenvalue weighted by Crippen LogP contribution is 2.37. The molecular formula is C14H22N2O6S. The summed E-state index contributed by atoms with van der Waals surface area (Å²) in [5.41, 5.74) is 0. The maximum Gasteiger partial charge on any atom is 0.328 e. The van der Waals surface area contributed by atoms with Crippen LogP contribution in [0.1, 0.15) is 26.7 Å². The van der Waals surface area contributed by atoms with Crippen LogP contribution >= 0.6 is 11.8 Å². The third-order valence-electron chi connectivity index (χ3n) is 3.64. The molecule has 9 heteroatoms.